The molecule has 4 aromatic rings. The van der Waals surface area contributed by atoms with Crippen molar-refractivity contribution in [3.63, 3.8) is 0 Å². The molecule has 8 nitrogen and oxygen atoms in total. The Morgan fingerprint density at radius 2 is 1.86 bits per heavy atom. The summed E-state index contributed by atoms with van der Waals surface area (Å²) >= 11 is 1.77. The minimum absolute atomic E-state index is 0.218. The minimum atomic E-state index is -4.75. The van der Waals surface area contributed by atoms with Gasteiger partial charge in [0.2, 0.25) is 5.82 Å². The van der Waals surface area contributed by atoms with Crippen molar-refractivity contribution in [3.05, 3.63) is 59.9 Å². The fourth-order valence-electron chi connectivity index (χ4n) is 4.07. The number of ether oxygens (including phenoxy) is 1. The second-order valence-electron chi connectivity index (χ2n) is 8.73. The maximum absolute atomic E-state index is 12.4. The lowest BCUT2D eigenvalue weighted by molar-refractivity contribution is -0.274. The van der Waals surface area contributed by atoms with Gasteiger partial charge < -0.3 is 14.2 Å². The van der Waals surface area contributed by atoms with E-state index >= 15 is 0 Å². The molecule has 0 N–H and O–H groups in total. The molecule has 0 amide bonds. The third-order valence-electron chi connectivity index (χ3n) is 5.96. The van der Waals surface area contributed by atoms with E-state index in [1.165, 1.54) is 50.2 Å². The van der Waals surface area contributed by atoms with E-state index in [4.69, 9.17) is 4.52 Å². The first kappa shape index (κ1) is 25.3. The number of nitrogens with zero attached hydrogens (tertiary/aromatic N) is 6. The van der Waals surface area contributed by atoms with Crippen LogP contribution in [0.3, 0.4) is 0 Å². The van der Waals surface area contributed by atoms with E-state index in [9.17, 15) is 13.2 Å². The Kier molecular flexibility index (Phi) is 7.47. The van der Waals surface area contributed by atoms with Gasteiger partial charge in [-0.1, -0.05) is 11.2 Å². The second kappa shape index (κ2) is 10.9. The average molecular weight is 531 g/mol. The van der Waals surface area contributed by atoms with Crippen LogP contribution >= 0.6 is 11.8 Å². The molecule has 1 aliphatic heterocycles. The number of alkyl halides is 3. The van der Waals surface area contributed by atoms with E-state index in [2.05, 4.69) is 35.9 Å². The highest BCUT2D eigenvalue weighted by atomic mass is 32.2. The number of aryl methyl sites for hydroxylation is 1. The zero-order valence-corrected chi connectivity index (χ0v) is 20.9. The topological polar surface area (TPSA) is 82.1 Å². The van der Waals surface area contributed by atoms with Crippen LogP contribution in [-0.4, -0.2) is 61.6 Å². The van der Waals surface area contributed by atoms with Gasteiger partial charge in [0.15, 0.2) is 5.69 Å². The fourth-order valence-corrected chi connectivity index (χ4v) is 4.92. The molecule has 1 fully saturated rings. The van der Waals surface area contributed by atoms with Gasteiger partial charge in [0.25, 0.3) is 5.89 Å². The molecule has 0 atom stereocenters. The molecule has 0 aliphatic carbocycles. The van der Waals surface area contributed by atoms with Crippen LogP contribution in [0, 0.1) is 6.92 Å². The highest BCUT2D eigenvalue weighted by Gasteiger charge is 2.31. The van der Waals surface area contributed by atoms with E-state index in [0.29, 0.717) is 17.8 Å². The molecule has 194 valence electrons. The Balaban J connectivity index is 1.20. The lowest BCUT2D eigenvalue weighted by Gasteiger charge is -2.13. The first-order valence-electron chi connectivity index (χ1n) is 11.9. The molecule has 0 radical (unpaired) electrons. The molecule has 12 heteroatoms. The highest BCUT2D eigenvalue weighted by Crippen LogP contribution is 2.27. The summed E-state index contributed by atoms with van der Waals surface area (Å²) in [6, 6.07) is 11.2. The molecule has 37 heavy (non-hydrogen) atoms. The van der Waals surface area contributed by atoms with E-state index in [1.807, 2.05) is 29.9 Å². The molecule has 0 saturated carbocycles. The molecule has 1 aromatic carbocycles. The zero-order valence-electron chi connectivity index (χ0n) is 20.1. The number of halogens is 3. The minimum Gasteiger partial charge on any atom is -0.406 e. The average Bonchev–Trinajstić information content (AvgIpc) is 3.62. The monoisotopic (exact) mass is 530 g/mol. The zero-order chi connectivity index (χ0) is 25.8. The third-order valence-corrected chi connectivity index (χ3v) is 6.88. The Bertz CT molecular complexity index is 1320. The van der Waals surface area contributed by atoms with Crippen LogP contribution in [-0.2, 0) is 6.54 Å². The summed E-state index contributed by atoms with van der Waals surface area (Å²) in [5, 5.41) is 9.54. The molecule has 1 saturated heterocycles. The first-order valence-corrected chi connectivity index (χ1v) is 12.9. The third kappa shape index (κ3) is 6.69. The molecule has 0 bridgehead atoms. The molecular weight excluding hydrogens is 505 g/mol. The summed E-state index contributed by atoms with van der Waals surface area (Å²) < 4.78 is 48.2. The number of thioether (sulfide) groups is 1. The highest BCUT2D eigenvalue weighted by molar-refractivity contribution is 7.99. The Morgan fingerprint density at radius 3 is 2.57 bits per heavy atom. The molecule has 0 unspecified atom stereocenters. The van der Waals surface area contributed by atoms with Crippen LogP contribution in [0.5, 0.6) is 5.75 Å². The van der Waals surface area contributed by atoms with Gasteiger partial charge in [-0.05, 0) is 74.8 Å². The van der Waals surface area contributed by atoms with Crippen LogP contribution in [0.2, 0.25) is 0 Å². The Morgan fingerprint density at radius 1 is 1.08 bits per heavy atom. The van der Waals surface area contributed by atoms with Crippen molar-refractivity contribution in [1.82, 2.24) is 29.8 Å². The Hall–Kier alpha value is -3.38. The number of likely N-dealkylation sites (tertiary alicyclic amines) is 1. The number of benzene rings is 1. The molecule has 1 aliphatic rings. The lowest BCUT2D eigenvalue weighted by atomic mass is 10.2. The van der Waals surface area contributed by atoms with Gasteiger partial charge in [-0.2, -0.15) is 10.1 Å². The van der Waals surface area contributed by atoms with Crippen molar-refractivity contribution in [2.45, 2.75) is 37.7 Å². The predicted octanol–water partition coefficient (Wildman–Crippen LogP) is 5.44. The molecule has 3 aromatic heterocycles. The largest absolute Gasteiger partial charge is 0.573 e. The second-order valence-corrected chi connectivity index (χ2v) is 9.84. The van der Waals surface area contributed by atoms with Gasteiger partial charge >= 0.3 is 6.36 Å². The Labute approximate surface area is 215 Å². The van der Waals surface area contributed by atoms with E-state index in [1.54, 1.807) is 11.8 Å². The molecule has 0 spiro atoms. The van der Waals surface area contributed by atoms with E-state index in [0.717, 1.165) is 28.6 Å². The number of aromatic nitrogens is 5. The fraction of sp³-hybridized carbons (Fsp3) is 0.360. The van der Waals surface area contributed by atoms with Crippen molar-refractivity contribution in [1.29, 1.82) is 0 Å². The van der Waals surface area contributed by atoms with Gasteiger partial charge in [-0.3, -0.25) is 4.68 Å². The standard InChI is InChI=1S/C25H25F3N6O2S/c1-17-14-21(24-30-23(32-36-24)19-5-7-20(8-6-19)35-25(26,27)28)31-34(17)16-18-4-9-22(29-15-18)37-13-12-33-10-2-3-11-33/h4-9,14-15H,2-3,10-13,16H2,1H3. The summed E-state index contributed by atoms with van der Waals surface area (Å²) in [6.45, 7) is 5.98. The van der Waals surface area contributed by atoms with Crippen LogP contribution in [0.25, 0.3) is 23.0 Å². The van der Waals surface area contributed by atoms with Crippen LogP contribution in [0.15, 0.2) is 58.2 Å². The molecular formula is C25H25F3N6O2S. The normalized spacial score (nSPS) is 14.4. The van der Waals surface area contributed by atoms with Gasteiger partial charge in [0.1, 0.15) is 5.75 Å². The van der Waals surface area contributed by atoms with E-state index in [-0.39, 0.29) is 17.5 Å². The van der Waals surface area contributed by atoms with Gasteiger partial charge in [0, 0.05) is 29.8 Å². The number of hydrogen-bond acceptors (Lipinski definition) is 8. The van der Waals surface area contributed by atoms with Crippen LogP contribution in [0.1, 0.15) is 24.1 Å². The predicted molar refractivity (Wildman–Crippen MR) is 132 cm³/mol. The summed E-state index contributed by atoms with van der Waals surface area (Å²) in [5.41, 5.74) is 2.93. The summed E-state index contributed by atoms with van der Waals surface area (Å²) in [4.78, 5) is 11.4. The molecule has 5 rings (SSSR count). The number of rotatable bonds is 9. The quantitative estimate of drug-likeness (QED) is 0.265. The van der Waals surface area contributed by atoms with Crippen molar-refractivity contribution in [2.24, 2.45) is 0 Å². The smallest absolute Gasteiger partial charge is 0.406 e. The maximum Gasteiger partial charge on any atom is 0.573 e. The molecule has 4 heterocycles. The van der Waals surface area contributed by atoms with Gasteiger partial charge in [-0.25, -0.2) is 4.98 Å². The van der Waals surface area contributed by atoms with E-state index < -0.39 is 6.36 Å². The van der Waals surface area contributed by atoms with Crippen molar-refractivity contribution >= 4 is 11.8 Å². The summed E-state index contributed by atoms with van der Waals surface area (Å²) in [6.07, 6.45) is -0.271. The first-order chi connectivity index (χ1) is 17.8. The maximum atomic E-state index is 12.4. The van der Waals surface area contributed by atoms with Gasteiger partial charge in [-0.15, -0.1) is 24.9 Å². The van der Waals surface area contributed by atoms with Crippen molar-refractivity contribution in [2.75, 3.05) is 25.4 Å². The summed E-state index contributed by atoms with van der Waals surface area (Å²) in [5.74, 6) is 1.17. The number of pyridine rings is 1. The summed E-state index contributed by atoms with van der Waals surface area (Å²) in [7, 11) is 0. The van der Waals surface area contributed by atoms with Crippen LogP contribution in [0.4, 0.5) is 13.2 Å². The SMILES string of the molecule is Cc1cc(-c2nc(-c3ccc(OC(F)(F)F)cc3)no2)nn1Cc1ccc(SCCN2CCCC2)nc1. The van der Waals surface area contributed by atoms with Crippen LogP contribution < -0.4 is 4.74 Å². The number of hydrogen-bond donors (Lipinski definition) is 0. The van der Waals surface area contributed by atoms with Crippen molar-refractivity contribution < 1.29 is 22.4 Å². The van der Waals surface area contributed by atoms with Gasteiger partial charge in [0.05, 0.1) is 11.6 Å². The van der Waals surface area contributed by atoms with Crippen molar-refractivity contribution in [3.8, 4) is 28.7 Å². The lowest BCUT2D eigenvalue weighted by Crippen LogP contribution is -2.21.